The molecule has 0 radical (unpaired) electrons. The van der Waals surface area contributed by atoms with Crippen molar-refractivity contribution in [2.75, 3.05) is 6.54 Å². The molecular formula is C16H22N2O3. The molecule has 0 saturated carbocycles. The molecular weight excluding hydrogens is 268 g/mol. The van der Waals surface area contributed by atoms with E-state index in [0.717, 1.165) is 0 Å². The average Bonchev–Trinajstić information content (AvgIpc) is 2.43. The molecule has 0 spiro atoms. The second kappa shape index (κ2) is 7.09. The zero-order valence-corrected chi connectivity index (χ0v) is 12.9. The summed E-state index contributed by atoms with van der Waals surface area (Å²) in [5, 5.41) is 21.5. The molecule has 5 nitrogen and oxygen atoms in total. The van der Waals surface area contributed by atoms with Gasteiger partial charge in [-0.15, -0.1) is 0 Å². The molecule has 0 saturated heterocycles. The molecule has 2 atom stereocenters. The summed E-state index contributed by atoms with van der Waals surface area (Å²) in [6, 6.07) is 8.76. The number of nitrogens with one attached hydrogen (secondary N) is 1. The lowest BCUT2D eigenvalue weighted by Gasteiger charge is -2.26. The van der Waals surface area contributed by atoms with Crippen LogP contribution < -0.4 is 10.1 Å². The van der Waals surface area contributed by atoms with Gasteiger partial charge >= 0.3 is 0 Å². The average molecular weight is 290 g/mol. The van der Waals surface area contributed by atoms with Crippen LogP contribution in [0.1, 0.15) is 33.3 Å². The molecule has 2 unspecified atom stereocenters. The van der Waals surface area contributed by atoms with Gasteiger partial charge < -0.3 is 15.2 Å². The molecule has 1 aromatic carbocycles. The molecule has 114 valence electrons. The Morgan fingerprint density at radius 2 is 2.05 bits per heavy atom. The Hall–Kier alpha value is -2.06. The molecule has 0 aliphatic carbocycles. The van der Waals surface area contributed by atoms with Gasteiger partial charge in [-0.05, 0) is 24.5 Å². The van der Waals surface area contributed by atoms with Crippen molar-refractivity contribution in [2.45, 2.75) is 39.9 Å². The fraction of sp³-hybridized carbons (Fsp3) is 0.500. The highest BCUT2D eigenvalue weighted by Crippen LogP contribution is 2.19. The van der Waals surface area contributed by atoms with Gasteiger partial charge in [0.25, 0.3) is 5.91 Å². The number of benzene rings is 1. The lowest BCUT2D eigenvalue weighted by molar-refractivity contribution is -0.128. The van der Waals surface area contributed by atoms with Gasteiger partial charge in [-0.2, -0.15) is 5.26 Å². The first-order valence-electron chi connectivity index (χ1n) is 6.87. The van der Waals surface area contributed by atoms with Crippen molar-refractivity contribution in [3.63, 3.8) is 0 Å². The van der Waals surface area contributed by atoms with E-state index in [1.54, 1.807) is 31.2 Å². The number of hydrogen-bond donors (Lipinski definition) is 2. The molecule has 0 aliphatic rings. The number of carbonyl (C=O) groups excluding carboxylic acids is 1. The first-order chi connectivity index (χ1) is 9.75. The molecule has 1 amide bonds. The molecule has 0 bridgehead atoms. The maximum absolute atomic E-state index is 11.9. The smallest absolute Gasteiger partial charge is 0.260 e. The third-order valence-corrected chi connectivity index (χ3v) is 3.15. The fourth-order valence-electron chi connectivity index (χ4n) is 1.55. The summed E-state index contributed by atoms with van der Waals surface area (Å²) >= 11 is 0. The lowest BCUT2D eigenvalue weighted by atomic mass is 9.89. The van der Waals surface area contributed by atoms with Crippen LogP contribution in [0, 0.1) is 16.7 Å². The Morgan fingerprint density at radius 3 is 2.62 bits per heavy atom. The van der Waals surface area contributed by atoms with Crippen molar-refractivity contribution in [3.05, 3.63) is 29.8 Å². The number of para-hydroxylation sites is 1. The third-order valence-electron chi connectivity index (χ3n) is 3.15. The number of aliphatic hydroxyl groups excluding tert-OH is 1. The molecule has 2 N–H and O–H groups in total. The molecule has 5 heteroatoms. The van der Waals surface area contributed by atoms with Gasteiger partial charge in [-0.3, -0.25) is 4.79 Å². The highest BCUT2D eigenvalue weighted by molar-refractivity contribution is 5.80. The van der Waals surface area contributed by atoms with Gasteiger partial charge in [0.2, 0.25) is 0 Å². The maximum Gasteiger partial charge on any atom is 0.260 e. The summed E-state index contributed by atoms with van der Waals surface area (Å²) in [7, 11) is 0. The van der Waals surface area contributed by atoms with E-state index in [-0.39, 0.29) is 17.9 Å². The minimum atomic E-state index is -0.744. The molecule has 1 aromatic rings. The highest BCUT2D eigenvalue weighted by atomic mass is 16.5. The Kier molecular flexibility index (Phi) is 5.74. The minimum Gasteiger partial charge on any atom is -0.480 e. The van der Waals surface area contributed by atoms with Crippen LogP contribution >= 0.6 is 0 Å². The maximum atomic E-state index is 11.9. The standard InChI is InChI=1S/C16H22N2O3/c1-11(15(20)18-10-14(19)16(2,3)4)21-13-8-6-5-7-12(13)9-17/h5-8,11,14,19H,10H2,1-4H3,(H,18,20). The zero-order valence-electron chi connectivity index (χ0n) is 12.9. The van der Waals surface area contributed by atoms with Crippen molar-refractivity contribution in [1.82, 2.24) is 5.32 Å². The number of carbonyl (C=O) groups is 1. The quantitative estimate of drug-likeness (QED) is 0.867. The number of ether oxygens (including phenoxy) is 1. The van der Waals surface area contributed by atoms with E-state index in [0.29, 0.717) is 11.3 Å². The van der Waals surface area contributed by atoms with Crippen molar-refractivity contribution < 1.29 is 14.6 Å². The number of hydrogen-bond acceptors (Lipinski definition) is 4. The normalized spacial score (nSPS) is 13.9. The first-order valence-corrected chi connectivity index (χ1v) is 6.87. The number of nitrogens with zero attached hydrogens (tertiary/aromatic N) is 1. The van der Waals surface area contributed by atoms with E-state index >= 15 is 0 Å². The van der Waals surface area contributed by atoms with Crippen molar-refractivity contribution in [1.29, 1.82) is 5.26 Å². The number of nitriles is 1. The molecule has 0 fully saturated rings. The molecule has 1 rings (SSSR count). The predicted molar refractivity (Wildman–Crippen MR) is 79.7 cm³/mol. The second-order valence-electron chi connectivity index (χ2n) is 6.00. The van der Waals surface area contributed by atoms with Gasteiger partial charge in [0.15, 0.2) is 6.10 Å². The van der Waals surface area contributed by atoms with E-state index in [1.807, 2.05) is 26.8 Å². The second-order valence-corrected chi connectivity index (χ2v) is 6.00. The van der Waals surface area contributed by atoms with Gasteiger partial charge in [0.1, 0.15) is 11.8 Å². The van der Waals surface area contributed by atoms with Crippen LogP contribution in [-0.4, -0.2) is 29.8 Å². The van der Waals surface area contributed by atoms with Crippen LogP contribution in [0.5, 0.6) is 5.75 Å². The Morgan fingerprint density at radius 1 is 1.43 bits per heavy atom. The molecule has 0 aliphatic heterocycles. The molecule has 0 heterocycles. The first kappa shape index (κ1) is 17.0. The minimum absolute atomic E-state index is 0.163. The van der Waals surface area contributed by atoms with Crippen molar-refractivity contribution >= 4 is 5.91 Å². The predicted octanol–water partition coefficient (Wildman–Crippen LogP) is 1.85. The zero-order chi connectivity index (χ0) is 16.0. The summed E-state index contributed by atoms with van der Waals surface area (Å²) in [5.41, 5.74) is 0.0806. The summed E-state index contributed by atoms with van der Waals surface area (Å²) in [4.78, 5) is 11.9. The van der Waals surface area contributed by atoms with Crippen LogP contribution in [0.3, 0.4) is 0 Å². The monoisotopic (exact) mass is 290 g/mol. The number of aliphatic hydroxyl groups is 1. The van der Waals surface area contributed by atoms with Gasteiger partial charge in [-0.1, -0.05) is 32.9 Å². The van der Waals surface area contributed by atoms with Crippen molar-refractivity contribution in [3.8, 4) is 11.8 Å². The van der Waals surface area contributed by atoms with Gasteiger partial charge in [-0.25, -0.2) is 0 Å². The SMILES string of the molecule is CC(Oc1ccccc1C#N)C(=O)NCC(O)C(C)(C)C. The number of rotatable bonds is 5. The summed E-state index contributed by atoms with van der Waals surface area (Å²) < 4.78 is 5.50. The summed E-state index contributed by atoms with van der Waals surface area (Å²) in [5.74, 6) is 0.0464. The third kappa shape index (κ3) is 5.09. The largest absolute Gasteiger partial charge is 0.480 e. The number of amides is 1. The fourth-order valence-corrected chi connectivity index (χ4v) is 1.55. The van der Waals surface area contributed by atoms with Crippen LogP contribution in [0.25, 0.3) is 0 Å². The van der Waals surface area contributed by atoms with Crippen LogP contribution in [0.2, 0.25) is 0 Å². The van der Waals surface area contributed by atoms with Gasteiger partial charge in [0, 0.05) is 6.54 Å². The van der Waals surface area contributed by atoms with E-state index < -0.39 is 12.2 Å². The van der Waals surface area contributed by atoms with Crippen LogP contribution in [0.4, 0.5) is 0 Å². The Bertz CT molecular complexity index is 529. The Balaban J connectivity index is 2.58. The van der Waals surface area contributed by atoms with Crippen LogP contribution in [-0.2, 0) is 4.79 Å². The van der Waals surface area contributed by atoms with Crippen LogP contribution in [0.15, 0.2) is 24.3 Å². The van der Waals surface area contributed by atoms with Gasteiger partial charge in [0.05, 0.1) is 11.7 Å². The summed E-state index contributed by atoms with van der Waals surface area (Å²) in [6.45, 7) is 7.45. The Labute approximate surface area is 125 Å². The lowest BCUT2D eigenvalue weighted by Crippen LogP contribution is -2.43. The highest BCUT2D eigenvalue weighted by Gasteiger charge is 2.24. The van der Waals surface area contributed by atoms with E-state index in [9.17, 15) is 9.90 Å². The van der Waals surface area contributed by atoms with E-state index in [2.05, 4.69) is 5.32 Å². The van der Waals surface area contributed by atoms with Crippen molar-refractivity contribution in [2.24, 2.45) is 5.41 Å². The molecule has 0 aromatic heterocycles. The van der Waals surface area contributed by atoms with E-state index in [4.69, 9.17) is 10.00 Å². The molecule has 21 heavy (non-hydrogen) atoms. The topological polar surface area (TPSA) is 82.3 Å². The summed E-state index contributed by atoms with van der Waals surface area (Å²) in [6.07, 6.45) is -1.38. The van der Waals surface area contributed by atoms with E-state index in [1.165, 1.54) is 0 Å².